The highest BCUT2D eigenvalue weighted by molar-refractivity contribution is 7.80. The van der Waals surface area contributed by atoms with Crippen molar-refractivity contribution in [2.24, 2.45) is 11.7 Å². The molecule has 0 bridgehead atoms. The normalized spacial score (nSPS) is 17.2. The first-order valence-electron chi connectivity index (χ1n) is 5.92. The first kappa shape index (κ1) is 12.3. The van der Waals surface area contributed by atoms with E-state index in [9.17, 15) is 4.39 Å². The Labute approximate surface area is 107 Å². The molecule has 1 aromatic rings. The second kappa shape index (κ2) is 5.00. The van der Waals surface area contributed by atoms with Crippen LogP contribution in [0.3, 0.4) is 0 Å². The van der Waals surface area contributed by atoms with Gasteiger partial charge in [-0.15, -0.1) is 0 Å². The maximum atomic E-state index is 13.7. The van der Waals surface area contributed by atoms with E-state index in [0.717, 1.165) is 24.7 Å². The topological polar surface area (TPSA) is 29.3 Å². The summed E-state index contributed by atoms with van der Waals surface area (Å²) in [7, 11) is 0. The quantitative estimate of drug-likeness (QED) is 0.821. The lowest BCUT2D eigenvalue weighted by Crippen LogP contribution is -2.32. The number of hydrogen-bond acceptors (Lipinski definition) is 2. The van der Waals surface area contributed by atoms with Crippen molar-refractivity contribution in [2.75, 3.05) is 18.0 Å². The van der Waals surface area contributed by atoms with Gasteiger partial charge in [0.2, 0.25) is 0 Å². The fraction of sp³-hybridized carbons (Fsp3) is 0.462. The summed E-state index contributed by atoms with van der Waals surface area (Å²) in [6.45, 7) is 4.24. The third-order valence-corrected chi connectivity index (χ3v) is 3.59. The number of nitrogens with zero attached hydrogens (tertiary/aromatic N) is 1. The Morgan fingerprint density at radius 2 is 2.06 bits per heavy atom. The molecule has 2 N–H and O–H groups in total. The lowest BCUT2D eigenvalue weighted by atomic mass is 9.98. The Balaban J connectivity index is 2.17. The lowest BCUT2D eigenvalue weighted by molar-refractivity contribution is 0.438. The van der Waals surface area contributed by atoms with Crippen LogP contribution in [-0.4, -0.2) is 18.1 Å². The summed E-state index contributed by atoms with van der Waals surface area (Å²) in [5.41, 5.74) is 6.69. The molecule has 1 fully saturated rings. The summed E-state index contributed by atoms with van der Waals surface area (Å²) in [5, 5.41) is 0. The van der Waals surface area contributed by atoms with E-state index in [0.29, 0.717) is 5.56 Å². The molecule has 17 heavy (non-hydrogen) atoms. The van der Waals surface area contributed by atoms with Crippen LogP contribution in [-0.2, 0) is 0 Å². The summed E-state index contributed by atoms with van der Waals surface area (Å²) in [5.74, 6) is 0.445. The van der Waals surface area contributed by atoms with Crippen LogP contribution in [0.4, 0.5) is 10.1 Å². The maximum absolute atomic E-state index is 13.7. The van der Waals surface area contributed by atoms with Crippen molar-refractivity contribution in [3.05, 3.63) is 29.6 Å². The predicted octanol–water partition coefficient (Wildman–Crippen LogP) is 2.70. The Morgan fingerprint density at radius 1 is 1.41 bits per heavy atom. The molecular weight excluding hydrogens is 235 g/mol. The van der Waals surface area contributed by atoms with Gasteiger partial charge in [0.05, 0.1) is 0 Å². The van der Waals surface area contributed by atoms with Crippen LogP contribution in [0.2, 0.25) is 0 Å². The average molecular weight is 252 g/mol. The molecule has 0 radical (unpaired) electrons. The standard InChI is InChI=1S/C13H17FN2S/c1-9-4-6-16(7-5-9)10-2-3-11(13(15)17)12(14)8-10/h2-3,8-9H,4-7H2,1H3,(H2,15,17). The van der Waals surface area contributed by atoms with Gasteiger partial charge in [0.15, 0.2) is 0 Å². The molecule has 1 aliphatic heterocycles. The van der Waals surface area contributed by atoms with E-state index in [1.54, 1.807) is 6.07 Å². The number of halogens is 1. The molecule has 2 nitrogen and oxygen atoms in total. The first-order valence-corrected chi connectivity index (χ1v) is 6.33. The van der Waals surface area contributed by atoms with Crippen LogP contribution < -0.4 is 10.6 Å². The molecule has 2 rings (SSSR count). The minimum Gasteiger partial charge on any atom is -0.389 e. The Hall–Kier alpha value is -1.16. The Kier molecular flexibility index (Phi) is 3.62. The fourth-order valence-electron chi connectivity index (χ4n) is 2.17. The van der Waals surface area contributed by atoms with Crippen LogP contribution in [0.5, 0.6) is 0 Å². The van der Waals surface area contributed by atoms with E-state index in [2.05, 4.69) is 11.8 Å². The summed E-state index contributed by atoms with van der Waals surface area (Å²) in [6.07, 6.45) is 2.33. The number of anilines is 1. The highest BCUT2D eigenvalue weighted by atomic mass is 32.1. The second-order valence-corrected chi connectivity index (χ2v) is 5.14. The molecule has 0 spiro atoms. The van der Waals surface area contributed by atoms with E-state index < -0.39 is 0 Å². The number of benzene rings is 1. The van der Waals surface area contributed by atoms with E-state index in [1.165, 1.54) is 18.9 Å². The van der Waals surface area contributed by atoms with Gasteiger partial charge in [-0.05, 0) is 37.0 Å². The van der Waals surface area contributed by atoms with Crippen molar-refractivity contribution in [1.82, 2.24) is 0 Å². The van der Waals surface area contributed by atoms with Crippen molar-refractivity contribution in [1.29, 1.82) is 0 Å². The highest BCUT2D eigenvalue weighted by Gasteiger charge is 2.17. The number of hydrogen-bond donors (Lipinski definition) is 1. The monoisotopic (exact) mass is 252 g/mol. The van der Waals surface area contributed by atoms with Crippen LogP contribution in [0.1, 0.15) is 25.3 Å². The molecule has 0 unspecified atom stereocenters. The third-order valence-electron chi connectivity index (χ3n) is 3.37. The SMILES string of the molecule is CC1CCN(c2ccc(C(N)=S)c(F)c2)CC1. The third kappa shape index (κ3) is 2.75. The minimum atomic E-state index is -0.325. The van der Waals surface area contributed by atoms with Gasteiger partial charge >= 0.3 is 0 Å². The molecule has 0 amide bonds. The van der Waals surface area contributed by atoms with Gasteiger partial charge in [-0.1, -0.05) is 19.1 Å². The Morgan fingerprint density at radius 3 is 2.59 bits per heavy atom. The zero-order valence-corrected chi connectivity index (χ0v) is 10.8. The molecule has 0 aromatic heterocycles. The highest BCUT2D eigenvalue weighted by Crippen LogP contribution is 2.24. The van der Waals surface area contributed by atoms with E-state index in [1.807, 2.05) is 6.07 Å². The summed E-state index contributed by atoms with van der Waals surface area (Å²) in [6, 6.07) is 5.10. The zero-order chi connectivity index (χ0) is 12.4. The van der Waals surface area contributed by atoms with E-state index >= 15 is 0 Å². The average Bonchev–Trinajstić information content (AvgIpc) is 2.29. The molecule has 1 heterocycles. The van der Waals surface area contributed by atoms with Gasteiger partial charge in [0.1, 0.15) is 10.8 Å². The fourth-order valence-corrected chi connectivity index (χ4v) is 2.33. The number of nitrogens with two attached hydrogens (primary N) is 1. The minimum absolute atomic E-state index is 0.112. The van der Waals surface area contributed by atoms with Gasteiger partial charge in [-0.3, -0.25) is 0 Å². The van der Waals surface area contributed by atoms with E-state index in [-0.39, 0.29) is 10.8 Å². The zero-order valence-electron chi connectivity index (χ0n) is 9.95. The lowest BCUT2D eigenvalue weighted by Gasteiger charge is -2.32. The molecule has 0 atom stereocenters. The summed E-state index contributed by atoms with van der Waals surface area (Å²) in [4.78, 5) is 2.33. The van der Waals surface area contributed by atoms with Gasteiger partial charge in [-0.25, -0.2) is 4.39 Å². The molecule has 1 saturated heterocycles. The summed E-state index contributed by atoms with van der Waals surface area (Å²) < 4.78 is 13.7. The van der Waals surface area contributed by atoms with Crippen molar-refractivity contribution >= 4 is 22.9 Å². The smallest absolute Gasteiger partial charge is 0.135 e. The molecule has 1 aliphatic rings. The van der Waals surface area contributed by atoms with Gasteiger partial charge in [-0.2, -0.15) is 0 Å². The number of piperidine rings is 1. The van der Waals surface area contributed by atoms with Crippen LogP contribution in [0.15, 0.2) is 18.2 Å². The molecular formula is C13H17FN2S. The van der Waals surface area contributed by atoms with Crippen molar-refractivity contribution in [3.8, 4) is 0 Å². The van der Waals surface area contributed by atoms with Gasteiger partial charge in [0, 0.05) is 24.3 Å². The molecule has 4 heteroatoms. The molecule has 92 valence electrons. The summed E-state index contributed by atoms with van der Waals surface area (Å²) >= 11 is 4.79. The van der Waals surface area contributed by atoms with Crippen molar-refractivity contribution in [2.45, 2.75) is 19.8 Å². The van der Waals surface area contributed by atoms with Gasteiger partial charge < -0.3 is 10.6 Å². The largest absolute Gasteiger partial charge is 0.389 e. The predicted molar refractivity (Wildman–Crippen MR) is 72.9 cm³/mol. The molecule has 0 saturated carbocycles. The maximum Gasteiger partial charge on any atom is 0.135 e. The second-order valence-electron chi connectivity index (χ2n) is 4.70. The van der Waals surface area contributed by atoms with Crippen molar-refractivity contribution < 1.29 is 4.39 Å². The number of thiocarbonyl (C=S) groups is 1. The van der Waals surface area contributed by atoms with Crippen LogP contribution in [0.25, 0.3) is 0 Å². The van der Waals surface area contributed by atoms with Gasteiger partial charge in [0.25, 0.3) is 0 Å². The van der Waals surface area contributed by atoms with Crippen molar-refractivity contribution in [3.63, 3.8) is 0 Å². The van der Waals surface area contributed by atoms with Crippen LogP contribution in [0, 0.1) is 11.7 Å². The molecule has 0 aliphatic carbocycles. The Bertz CT molecular complexity index is 425. The van der Waals surface area contributed by atoms with E-state index in [4.69, 9.17) is 18.0 Å². The first-order chi connectivity index (χ1) is 8.08. The number of rotatable bonds is 2. The van der Waals surface area contributed by atoms with Crippen LogP contribution >= 0.6 is 12.2 Å². The molecule has 1 aromatic carbocycles.